The fourth-order valence-corrected chi connectivity index (χ4v) is 2.48. The molecule has 1 aromatic heterocycles. The normalized spacial score (nSPS) is 10.7. The quantitative estimate of drug-likeness (QED) is 0.840. The molecule has 4 nitrogen and oxygen atoms in total. The topological polar surface area (TPSA) is 53.1 Å². The van der Waals surface area contributed by atoms with Crippen molar-refractivity contribution in [2.75, 3.05) is 0 Å². The number of halogens is 2. The first-order valence-corrected chi connectivity index (χ1v) is 7.54. The van der Waals surface area contributed by atoms with E-state index in [2.05, 4.69) is 5.10 Å². The number of hydrogen-bond donors (Lipinski definition) is 1. The van der Waals surface area contributed by atoms with Crippen molar-refractivity contribution in [3.63, 3.8) is 0 Å². The molecule has 0 unspecified atom stereocenters. The van der Waals surface area contributed by atoms with Crippen LogP contribution < -0.4 is 10.5 Å². The van der Waals surface area contributed by atoms with Gasteiger partial charge >= 0.3 is 0 Å². The Hall–Kier alpha value is -1.30. The van der Waals surface area contributed by atoms with E-state index >= 15 is 0 Å². The summed E-state index contributed by atoms with van der Waals surface area (Å²) >= 11 is 17.3. The molecule has 0 saturated carbocycles. The maximum absolute atomic E-state index is 6.24. The van der Waals surface area contributed by atoms with Gasteiger partial charge in [0.2, 0.25) is 0 Å². The van der Waals surface area contributed by atoms with E-state index in [0.29, 0.717) is 33.0 Å². The molecule has 0 atom stereocenters. The summed E-state index contributed by atoms with van der Waals surface area (Å²) in [7, 11) is 0. The Balaban J connectivity index is 2.19. The Morgan fingerprint density at radius 3 is 2.71 bits per heavy atom. The summed E-state index contributed by atoms with van der Waals surface area (Å²) in [6.07, 6.45) is 0. The molecule has 0 aliphatic heterocycles. The van der Waals surface area contributed by atoms with Crippen molar-refractivity contribution in [2.24, 2.45) is 5.73 Å². The van der Waals surface area contributed by atoms with E-state index in [1.165, 1.54) is 0 Å². The van der Waals surface area contributed by atoms with Gasteiger partial charge in [-0.2, -0.15) is 5.10 Å². The summed E-state index contributed by atoms with van der Waals surface area (Å²) in [6.45, 7) is 4.87. The molecule has 0 bridgehead atoms. The lowest BCUT2D eigenvalue weighted by molar-refractivity contribution is 0.293. The van der Waals surface area contributed by atoms with E-state index in [0.717, 1.165) is 17.9 Å². The van der Waals surface area contributed by atoms with Crippen molar-refractivity contribution in [3.05, 3.63) is 45.2 Å². The third-order valence-corrected chi connectivity index (χ3v) is 4.06. The summed E-state index contributed by atoms with van der Waals surface area (Å²) < 4.78 is 7.55. The van der Waals surface area contributed by atoms with E-state index in [1.54, 1.807) is 18.2 Å². The number of nitrogens with zero attached hydrogens (tertiary/aromatic N) is 2. The Morgan fingerprint density at radius 2 is 2.14 bits per heavy atom. The first kappa shape index (κ1) is 16.1. The highest BCUT2D eigenvalue weighted by Crippen LogP contribution is 2.28. The number of thiocarbonyl (C=S) groups is 1. The van der Waals surface area contributed by atoms with Crippen LogP contribution >= 0.6 is 35.4 Å². The van der Waals surface area contributed by atoms with Crippen molar-refractivity contribution < 1.29 is 4.74 Å². The molecule has 0 aliphatic rings. The van der Waals surface area contributed by atoms with Gasteiger partial charge in [-0.05, 0) is 32.0 Å². The third-order valence-electron chi connectivity index (χ3n) is 3.03. The van der Waals surface area contributed by atoms with Crippen LogP contribution in [0, 0.1) is 6.92 Å². The van der Waals surface area contributed by atoms with Gasteiger partial charge in [-0.15, -0.1) is 0 Å². The van der Waals surface area contributed by atoms with Gasteiger partial charge in [0.25, 0.3) is 0 Å². The zero-order valence-corrected chi connectivity index (χ0v) is 14.0. The van der Waals surface area contributed by atoms with Crippen LogP contribution in [0.5, 0.6) is 5.75 Å². The van der Waals surface area contributed by atoms with Crippen LogP contribution in [0.2, 0.25) is 10.0 Å². The summed E-state index contributed by atoms with van der Waals surface area (Å²) in [5.41, 5.74) is 7.87. The Morgan fingerprint density at radius 1 is 1.43 bits per heavy atom. The van der Waals surface area contributed by atoms with Crippen molar-refractivity contribution in [2.45, 2.75) is 27.0 Å². The predicted octanol–water partition coefficient (Wildman–Crippen LogP) is 3.73. The Bertz CT molecular complexity index is 685. The van der Waals surface area contributed by atoms with Crippen LogP contribution in [0.3, 0.4) is 0 Å². The number of nitrogens with two attached hydrogens (primary N) is 1. The molecular formula is C14H15Cl2N3OS. The number of rotatable bonds is 5. The van der Waals surface area contributed by atoms with Crippen LogP contribution in [-0.2, 0) is 13.2 Å². The lowest BCUT2D eigenvalue weighted by Gasteiger charge is -2.10. The standard InChI is InChI=1S/C14H15Cl2N3OS/c1-3-19-11(13(16)8(2)18-19)7-20-12-5-4-9(14(17)21)6-10(12)15/h4-6H,3,7H2,1-2H3,(H2,17,21). The van der Waals surface area contributed by atoms with Crippen molar-refractivity contribution in [1.29, 1.82) is 0 Å². The van der Waals surface area contributed by atoms with Gasteiger partial charge in [0.05, 0.1) is 21.4 Å². The molecule has 0 aliphatic carbocycles. The smallest absolute Gasteiger partial charge is 0.138 e. The van der Waals surface area contributed by atoms with Crippen LogP contribution in [0.1, 0.15) is 23.9 Å². The maximum Gasteiger partial charge on any atom is 0.138 e. The van der Waals surface area contributed by atoms with Crippen LogP contribution in [-0.4, -0.2) is 14.8 Å². The largest absolute Gasteiger partial charge is 0.486 e. The average Bonchev–Trinajstić information content (AvgIpc) is 2.72. The highest BCUT2D eigenvalue weighted by Gasteiger charge is 2.14. The van der Waals surface area contributed by atoms with E-state index < -0.39 is 0 Å². The molecule has 0 radical (unpaired) electrons. The second-order valence-corrected chi connectivity index (χ2v) is 5.68. The Labute approximate surface area is 138 Å². The molecule has 0 fully saturated rings. The minimum Gasteiger partial charge on any atom is -0.486 e. The van der Waals surface area contributed by atoms with Crippen LogP contribution in [0.25, 0.3) is 0 Å². The number of benzene rings is 1. The third kappa shape index (κ3) is 3.48. The molecule has 2 aromatic rings. The van der Waals surface area contributed by atoms with E-state index in [1.807, 2.05) is 18.5 Å². The summed E-state index contributed by atoms with van der Waals surface area (Å²) in [6, 6.07) is 5.20. The van der Waals surface area contributed by atoms with E-state index in [4.69, 9.17) is 45.9 Å². The number of aromatic nitrogens is 2. The molecular weight excluding hydrogens is 329 g/mol. The monoisotopic (exact) mass is 343 g/mol. The molecule has 21 heavy (non-hydrogen) atoms. The van der Waals surface area contributed by atoms with Crippen LogP contribution in [0.15, 0.2) is 18.2 Å². The fourth-order valence-electron chi connectivity index (χ4n) is 1.92. The van der Waals surface area contributed by atoms with Crippen LogP contribution in [0.4, 0.5) is 0 Å². The highest BCUT2D eigenvalue weighted by molar-refractivity contribution is 7.80. The SMILES string of the molecule is CCn1nc(C)c(Cl)c1COc1ccc(C(N)=S)cc1Cl. The molecule has 0 amide bonds. The maximum atomic E-state index is 6.24. The predicted molar refractivity (Wildman–Crippen MR) is 89.3 cm³/mol. The molecule has 112 valence electrons. The van der Waals surface area contributed by atoms with Crippen molar-refractivity contribution >= 4 is 40.4 Å². The first-order valence-electron chi connectivity index (χ1n) is 6.38. The molecule has 2 N–H and O–H groups in total. The average molecular weight is 344 g/mol. The molecule has 7 heteroatoms. The molecule has 2 rings (SSSR count). The van der Waals surface area contributed by atoms with Gasteiger partial charge < -0.3 is 10.5 Å². The van der Waals surface area contributed by atoms with Gasteiger partial charge in [-0.1, -0.05) is 35.4 Å². The minimum absolute atomic E-state index is 0.291. The fraction of sp³-hybridized carbons (Fsp3) is 0.286. The summed E-state index contributed by atoms with van der Waals surface area (Å²) in [4.78, 5) is 0.297. The van der Waals surface area contributed by atoms with Gasteiger partial charge in [-0.25, -0.2) is 0 Å². The zero-order valence-electron chi connectivity index (χ0n) is 11.7. The van der Waals surface area contributed by atoms with Gasteiger partial charge in [0, 0.05) is 12.1 Å². The highest BCUT2D eigenvalue weighted by atomic mass is 35.5. The molecule has 0 saturated heterocycles. The lowest BCUT2D eigenvalue weighted by Crippen LogP contribution is -2.09. The van der Waals surface area contributed by atoms with E-state index in [-0.39, 0.29) is 0 Å². The molecule has 1 heterocycles. The molecule has 0 spiro atoms. The zero-order chi connectivity index (χ0) is 15.6. The van der Waals surface area contributed by atoms with Gasteiger partial charge in [0.15, 0.2) is 0 Å². The summed E-state index contributed by atoms with van der Waals surface area (Å²) in [5.74, 6) is 0.550. The van der Waals surface area contributed by atoms with E-state index in [9.17, 15) is 0 Å². The number of aryl methyl sites for hydroxylation is 2. The number of ether oxygens (including phenoxy) is 1. The summed E-state index contributed by atoms with van der Waals surface area (Å²) in [5, 5.41) is 5.41. The molecule has 1 aromatic carbocycles. The Kier molecular flexibility index (Phi) is 5.08. The lowest BCUT2D eigenvalue weighted by atomic mass is 10.2. The minimum atomic E-state index is 0.291. The van der Waals surface area contributed by atoms with Gasteiger partial charge in [0.1, 0.15) is 17.3 Å². The second kappa shape index (κ2) is 6.64. The van der Waals surface area contributed by atoms with Crippen molar-refractivity contribution in [1.82, 2.24) is 9.78 Å². The second-order valence-electron chi connectivity index (χ2n) is 4.46. The van der Waals surface area contributed by atoms with Gasteiger partial charge in [-0.3, -0.25) is 4.68 Å². The van der Waals surface area contributed by atoms with Crippen molar-refractivity contribution in [3.8, 4) is 5.75 Å². The number of hydrogen-bond acceptors (Lipinski definition) is 3. The first-order chi connectivity index (χ1) is 9.93.